The van der Waals surface area contributed by atoms with E-state index in [1.54, 1.807) is 46.2 Å². The molecule has 2 heterocycles. The number of benzene rings is 2. The van der Waals surface area contributed by atoms with E-state index in [2.05, 4.69) is 0 Å². The second-order valence-electron chi connectivity index (χ2n) is 9.61. The average molecular weight is 774 g/mol. The van der Waals surface area contributed by atoms with Crippen molar-refractivity contribution in [2.45, 2.75) is 13.1 Å². The zero-order valence-corrected chi connectivity index (χ0v) is 29.3. The van der Waals surface area contributed by atoms with Gasteiger partial charge in [-0.05, 0) is 24.3 Å². The van der Waals surface area contributed by atoms with Gasteiger partial charge in [-0.3, -0.25) is 28.5 Å². The number of hydrogen-bond acceptors (Lipinski definition) is 16. The second kappa shape index (κ2) is 26.8. The molecule has 2 aromatic heterocycles. The number of carboxylic acids is 2. The van der Waals surface area contributed by atoms with Crippen LogP contribution < -0.4 is 20.0 Å². The van der Waals surface area contributed by atoms with Crippen LogP contribution in [0.4, 0.5) is 0 Å². The van der Waals surface area contributed by atoms with Gasteiger partial charge in [-0.2, -0.15) is 0 Å². The third kappa shape index (κ3) is 17.4. The van der Waals surface area contributed by atoms with Gasteiger partial charge in [0.25, 0.3) is 0 Å². The zero-order valence-electron chi connectivity index (χ0n) is 26.6. The number of aliphatic hydroxyl groups is 6. The first kappa shape index (κ1) is 45.9. The van der Waals surface area contributed by atoms with Crippen molar-refractivity contribution in [3.63, 3.8) is 0 Å². The first-order valence-corrected chi connectivity index (χ1v) is 16.4. The van der Waals surface area contributed by atoms with Crippen molar-refractivity contribution < 1.29 is 67.2 Å². The number of aliphatic hydroxyl groups excluding tert-OH is 6. The SMILES string of the molecule is O=C([O-])Cn1c(=O)sc2ccccc21.O=C([O-])Cn1c(=O)sc2ccccc21.OCCN(CCO)CCO.OCCN(CCO)CCO.[Co+2]. The predicted octanol–water partition coefficient (Wildman–Crippen LogP) is -3.85. The number of hydrogen-bond donors (Lipinski definition) is 6. The van der Waals surface area contributed by atoms with Crippen molar-refractivity contribution in [1.29, 1.82) is 0 Å². The number of aromatic nitrogens is 2. The van der Waals surface area contributed by atoms with Crippen molar-refractivity contribution in [3.8, 4) is 0 Å². The normalized spacial score (nSPS) is 10.4. The van der Waals surface area contributed by atoms with Crippen molar-refractivity contribution in [2.75, 3.05) is 78.9 Å². The van der Waals surface area contributed by atoms with Crippen LogP contribution in [0.5, 0.6) is 0 Å². The van der Waals surface area contributed by atoms with Crippen LogP contribution in [0.2, 0.25) is 0 Å². The Balaban J connectivity index is 0.000000633. The fourth-order valence-electron chi connectivity index (χ4n) is 4.10. The fraction of sp³-hybridized carbons (Fsp3) is 0.467. The van der Waals surface area contributed by atoms with Crippen LogP contribution in [-0.2, 0) is 39.5 Å². The Morgan fingerprint density at radius 2 is 0.816 bits per heavy atom. The van der Waals surface area contributed by atoms with E-state index in [0.717, 1.165) is 32.1 Å². The Labute approximate surface area is 300 Å². The number of rotatable bonds is 16. The van der Waals surface area contributed by atoms with Crippen LogP contribution in [0.25, 0.3) is 20.4 Å². The molecule has 0 amide bonds. The van der Waals surface area contributed by atoms with E-state index in [-0.39, 0.29) is 79.3 Å². The number of fused-ring (bicyclic) bond motifs is 2. The van der Waals surface area contributed by atoms with Gasteiger partial charge in [0.2, 0.25) is 0 Å². The standard InChI is InChI=1S/2C9H7NO3S.2C6H15NO3.Co/c2*11-8(12)5-10-6-3-1-2-4-7(6)14-9(10)13;2*8-4-1-7(2-5-9)3-6-10;/h2*1-4H,5H2,(H,11,12);2*8-10H,1-6H2;/q;;;;+2/p-2. The van der Waals surface area contributed by atoms with Gasteiger partial charge in [0.05, 0.1) is 85.1 Å². The molecule has 0 bridgehead atoms. The van der Waals surface area contributed by atoms with Crippen molar-refractivity contribution in [2.24, 2.45) is 0 Å². The quantitative estimate of drug-likeness (QED) is 0.0638. The van der Waals surface area contributed by atoms with E-state index in [9.17, 15) is 29.4 Å². The summed E-state index contributed by atoms with van der Waals surface area (Å²) >= 11 is 2.07. The van der Waals surface area contributed by atoms with Gasteiger partial charge in [0.1, 0.15) is 0 Å². The number of para-hydroxylation sites is 2. The van der Waals surface area contributed by atoms with Gasteiger partial charge < -0.3 is 50.4 Å². The molecule has 0 fully saturated rings. The summed E-state index contributed by atoms with van der Waals surface area (Å²) in [6.07, 6.45) is 0. The largest absolute Gasteiger partial charge is 2.00 e. The summed E-state index contributed by atoms with van der Waals surface area (Å²) in [5.41, 5.74) is 1.29. The van der Waals surface area contributed by atoms with Gasteiger partial charge in [-0.15, -0.1) is 0 Å². The molecule has 4 rings (SSSR count). The van der Waals surface area contributed by atoms with E-state index in [1.165, 1.54) is 9.13 Å². The maximum atomic E-state index is 11.4. The number of carbonyl (C=O) groups is 2. The number of carboxylic acid groups (broad SMARTS) is 2. The monoisotopic (exact) mass is 773 g/mol. The van der Waals surface area contributed by atoms with Gasteiger partial charge in [-0.25, -0.2) is 0 Å². The molecule has 275 valence electrons. The van der Waals surface area contributed by atoms with E-state index >= 15 is 0 Å². The average Bonchev–Trinajstić information content (AvgIpc) is 3.53. The molecule has 6 N–H and O–H groups in total. The van der Waals surface area contributed by atoms with E-state index in [1.807, 2.05) is 12.1 Å². The summed E-state index contributed by atoms with van der Waals surface area (Å²) in [4.78, 5) is 46.6. The van der Waals surface area contributed by atoms with E-state index in [4.69, 9.17) is 30.6 Å². The second-order valence-corrected chi connectivity index (χ2v) is 11.6. The van der Waals surface area contributed by atoms with Crippen LogP contribution in [0.1, 0.15) is 0 Å². The molecule has 0 unspecified atom stereocenters. The summed E-state index contributed by atoms with van der Waals surface area (Å²) in [6.45, 7) is 2.73. The topological polar surface area (TPSA) is 252 Å². The van der Waals surface area contributed by atoms with Crippen molar-refractivity contribution in [3.05, 3.63) is 67.9 Å². The minimum absolute atomic E-state index is 0. The summed E-state index contributed by atoms with van der Waals surface area (Å²) in [7, 11) is 0. The molecule has 0 aliphatic heterocycles. The summed E-state index contributed by atoms with van der Waals surface area (Å²) < 4.78 is 3.99. The first-order chi connectivity index (χ1) is 23.1. The molecule has 2 aromatic carbocycles. The number of thiazole rings is 2. The van der Waals surface area contributed by atoms with Crippen molar-refractivity contribution in [1.82, 2.24) is 18.9 Å². The molecular weight excluding hydrogens is 731 g/mol. The molecule has 0 aliphatic rings. The Bertz CT molecular complexity index is 1460. The zero-order chi connectivity index (χ0) is 35.9. The summed E-state index contributed by atoms with van der Waals surface area (Å²) in [5.74, 6) is -2.51. The number of carbonyl (C=O) groups excluding carboxylic acids is 2. The Morgan fingerprint density at radius 3 is 1.06 bits per heavy atom. The Morgan fingerprint density at radius 1 is 0.551 bits per heavy atom. The van der Waals surface area contributed by atoms with Gasteiger partial charge in [0.15, 0.2) is 0 Å². The summed E-state index contributed by atoms with van der Waals surface area (Å²) in [6, 6.07) is 14.1. The Kier molecular flexibility index (Phi) is 25.1. The van der Waals surface area contributed by atoms with Gasteiger partial charge in [-0.1, -0.05) is 46.9 Å². The third-order valence-corrected chi connectivity index (χ3v) is 8.14. The maximum Gasteiger partial charge on any atom is 2.00 e. The molecule has 16 nitrogen and oxygen atoms in total. The van der Waals surface area contributed by atoms with Crippen LogP contribution in [0.15, 0.2) is 58.1 Å². The van der Waals surface area contributed by atoms with Gasteiger partial charge >= 0.3 is 26.5 Å². The minimum Gasteiger partial charge on any atom is -0.548 e. The fourth-order valence-corrected chi connectivity index (χ4v) is 5.89. The summed E-state index contributed by atoms with van der Waals surface area (Å²) in [5, 5.41) is 71.7. The molecule has 4 aromatic rings. The van der Waals surface area contributed by atoms with Gasteiger partial charge in [0, 0.05) is 39.3 Å². The molecule has 1 radical (unpaired) electrons. The van der Waals surface area contributed by atoms with E-state index < -0.39 is 11.9 Å². The maximum absolute atomic E-state index is 11.4. The van der Waals surface area contributed by atoms with Crippen LogP contribution in [0, 0.1) is 0 Å². The molecule has 0 saturated heterocycles. The molecular formula is C30H42CoN4O12S2. The first-order valence-electron chi connectivity index (χ1n) is 14.7. The Hall–Kier alpha value is -3.05. The molecule has 0 spiro atoms. The number of aliphatic carboxylic acids is 2. The minimum atomic E-state index is -1.25. The van der Waals surface area contributed by atoms with Crippen LogP contribution in [-0.4, -0.2) is 140 Å². The van der Waals surface area contributed by atoms with E-state index in [0.29, 0.717) is 50.3 Å². The smallest absolute Gasteiger partial charge is 0.548 e. The predicted molar refractivity (Wildman–Crippen MR) is 178 cm³/mol. The molecule has 19 heteroatoms. The molecule has 0 atom stereocenters. The molecule has 0 saturated carbocycles. The number of nitrogens with zero attached hydrogens (tertiary/aromatic N) is 4. The van der Waals surface area contributed by atoms with Crippen LogP contribution >= 0.6 is 22.7 Å². The van der Waals surface area contributed by atoms with Crippen LogP contribution in [0.3, 0.4) is 0 Å². The molecule has 0 aliphatic carbocycles. The molecule has 49 heavy (non-hydrogen) atoms. The third-order valence-electron chi connectivity index (χ3n) is 6.22. The van der Waals surface area contributed by atoms with Crippen molar-refractivity contribution >= 4 is 55.0 Å².